The lowest BCUT2D eigenvalue weighted by Gasteiger charge is -2.03. The molecule has 1 heterocycles. The number of hydrogen-bond donors (Lipinski definition) is 1. The van der Waals surface area contributed by atoms with Crippen molar-refractivity contribution in [3.63, 3.8) is 0 Å². The van der Waals surface area contributed by atoms with Gasteiger partial charge < -0.3 is 4.98 Å². The summed E-state index contributed by atoms with van der Waals surface area (Å²) in [5.41, 5.74) is 6.06. The van der Waals surface area contributed by atoms with Gasteiger partial charge in [-0.1, -0.05) is 78.9 Å². The van der Waals surface area contributed by atoms with E-state index in [9.17, 15) is 0 Å². The smallest absolute Gasteiger partial charge is 0.0538 e. The Bertz CT molecular complexity index is 874. The molecule has 1 aromatic heterocycles. The molecule has 0 spiro atoms. The van der Waals surface area contributed by atoms with Crippen LogP contribution in [-0.2, 0) is 0 Å². The molecule has 0 aliphatic rings. The third-order valence-corrected chi connectivity index (χ3v) is 3.83. The topological polar surface area (TPSA) is 15.8 Å². The van der Waals surface area contributed by atoms with Crippen LogP contribution in [0.25, 0.3) is 33.3 Å². The summed E-state index contributed by atoms with van der Waals surface area (Å²) in [6, 6.07) is 29.6. The minimum Gasteiger partial charge on any atom is -0.354 e. The van der Waals surface area contributed by atoms with E-state index in [1.54, 1.807) is 0 Å². The van der Waals surface area contributed by atoms with Crippen LogP contribution < -0.4 is 0 Å². The van der Waals surface area contributed by atoms with E-state index >= 15 is 0 Å². The number of para-hydroxylation sites is 1. The predicted octanol–water partition coefficient (Wildman–Crippen LogP) is 5.50. The molecule has 3 aromatic carbocycles. The summed E-state index contributed by atoms with van der Waals surface area (Å²) in [4.78, 5) is 3.58. The third kappa shape index (κ3) is 2.13. The van der Waals surface area contributed by atoms with E-state index < -0.39 is 0 Å². The van der Waals surface area contributed by atoms with Crippen molar-refractivity contribution in [2.75, 3.05) is 0 Å². The molecule has 0 saturated carbocycles. The van der Waals surface area contributed by atoms with Crippen molar-refractivity contribution in [1.29, 1.82) is 0 Å². The van der Waals surface area contributed by atoms with E-state index in [2.05, 4.69) is 77.8 Å². The molecule has 0 aliphatic heterocycles. The van der Waals surface area contributed by atoms with Crippen molar-refractivity contribution in [2.45, 2.75) is 0 Å². The van der Waals surface area contributed by atoms with Gasteiger partial charge >= 0.3 is 0 Å². The second-order valence-electron chi connectivity index (χ2n) is 5.18. The van der Waals surface area contributed by atoms with Crippen molar-refractivity contribution in [1.82, 2.24) is 4.98 Å². The largest absolute Gasteiger partial charge is 0.354 e. The Kier molecular flexibility index (Phi) is 2.82. The number of aromatic nitrogens is 1. The van der Waals surface area contributed by atoms with Gasteiger partial charge in [0, 0.05) is 16.6 Å². The first-order valence-corrected chi connectivity index (χ1v) is 7.14. The average molecular weight is 269 g/mol. The second kappa shape index (κ2) is 4.95. The molecule has 0 unspecified atom stereocenters. The van der Waals surface area contributed by atoms with Gasteiger partial charge in [0.1, 0.15) is 0 Å². The molecule has 0 atom stereocenters. The maximum atomic E-state index is 3.58. The highest BCUT2D eigenvalue weighted by molar-refractivity contribution is 5.97. The van der Waals surface area contributed by atoms with Gasteiger partial charge in [-0.3, -0.25) is 0 Å². The molecule has 21 heavy (non-hydrogen) atoms. The first-order valence-electron chi connectivity index (χ1n) is 7.14. The van der Waals surface area contributed by atoms with Gasteiger partial charge in [-0.2, -0.15) is 0 Å². The van der Waals surface area contributed by atoms with Gasteiger partial charge in [-0.15, -0.1) is 0 Å². The Morgan fingerprint density at radius 3 is 1.95 bits per heavy atom. The lowest BCUT2D eigenvalue weighted by Crippen LogP contribution is -1.80. The lowest BCUT2D eigenvalue weighted by atomic mass is 10.0. The molecule has 4 aromatic rings. The zero-order chi connectivity index (χ0) is 14.1. The second-order valence-corrected chi connectivity index (χ2v) is 5.18. The van der Waals surface area contributed by atoms with E-state index in [-0.39, 0.29) is 0 Å². The lowest BCUT2D eigenvalue weighted by molar-refractivity contribution is 1.45. The average Bonchev–Trinajstić information content (AvgIpc) is 3.00. The van der Waals surface area contributed by atoms with Crippen LogP contribution in [0, 0.1) is 0 Å². The highest BCUT2D eigenvalue weighted by Gasteiger charge is 2.07. The van der Waals surface area contributed by atoms with Crippen molar-refractivity contribution in [3.8, 4) is 22.4 Å². The molecule has 1 N–H and O–H groups in total. The van der Waals surface area contributed by atoms with Gasteiger partial charge in [-0.05, 0) is 17.2 Å². The molecule has 4 rings (SSSR count). The summed E-state index contributed by atoms with van der Waals surface area (Å²) < 4.78 is 0. The monoisotopic (exact) mass is 269 g/mol. The fourth-order valence-corrected chi connectivity index (χ4v) is 2.79. The normalized spacial score (nSPS) is 10.9. The molecule has 0 saturated heterocycles. The Morgan fingerprint density at radius 1 is 0.571 bits per heavy atom. The third-order valence-electron chi connectivity index (χ3n) is 3.83. The first kappa shape index (κ1) is 12.0. The highest BCUT2D eigenvalue weighted by atomic mass is 14.7. The van der Waals surface area contributed by atoms with Gasteiger partial charge in [0.25, 0.3) is 0 Å². The van der Waals surface area contributed by atoms with E-state index in [1.165, 1.54) is 27.6 Å². The molecule has 0 fully saturated rings. The van der Waals surface area contributed by atoms with Gasteiger partial charge in [0.15, 0.2) is 0 Å². The number of aromatic amines is 1. The van der Waals surface area contributed by atoms with E-state index in [1.807, 2.05) is 12.1 Å². The minimum absolute atomic E-state index is 1.16. The Labute approximate surface area is 123 Å². The van der Waals surface area contributed by atoms with E-state index in [0.29, 0.717) is 0 Å². The number of nitrogens with one attached hydrogen (secondary N) is 1. The summed E-state index contributed by atoms with van der Waals surface area (Å²) in [5, 5.41) is 1.25. The maximum Gasteiger partial charge on any atom is 0.0538 e. The molecular formula is C20H15N. The molecule has 1 heteroatoms. The first-order chi connectivity index (χ1) is 10.4. The SMILES string of the molecule is c1ccc(-c2cc3cccc(-c4ccccc4)c3[nH]2)cc1. The molecule has 0 bridgehead atoms. The summed E-state index contributed by atoms with van der Waals surface area (Å²) in [5.74, 6) is 0. The van der Waals surface area contributed by atoms with Crippen molar-refractivity contribution in [3.05, 3.63) is 84.9 Å². The van der Waals surface area contributed by atoms with Gasteiger partial charge in [-0.25, -0.2) is 0 Å². The zero-order valence-electron chi connectivity index (χ0n) is 11.6. The van der Waals surface area contributed by atoms with Crippen LogP contribution in [-0.4, -0.2) is 4.98 Å². The summed E-state index contributed by atoms with van der Waals surface area (Å²) >= 11 is 0. The zero-order valence-corrected chi connectivity index (χ0v) is 11.6. The van der Waals surface area contributed by atoms with Gasteiger partial charge in [0.2, 0.25) is 0 Å². The van der Waals surface area contributed by atoms with Crippen LogP contribution in [0.4, 0.5) is 0 Å². The fourth-order valence-electron chi connectivity index (χ4n) is 2.79. The maximum absolute atomic E-state index is 3.58. The van der Waals surface area contributed by atoms with Crippen LogP contribution in [0.15, 0.2) is 84.9 Å². The quantitative estimate of drug-likeness (QED) is 0.494. The van der Waals surface area contributed by atoms with Gasteiger partial charge in [0.05, 0.1) is 5.52 Å². The molecule has 0 aliphatic carbocycles. The van der Waals surface area contributed by atoms with Crippen molar-refractivity contribution in [2.24, 2.45) is 0 Å². The summed E-state index contributed by atoms with van der Waals surface area (Å²) in [6.07, 6.45) is 0. The number of H-pyrrole nitrogens is 1. The highest BCUT2D eigenvalue weighted by Crippen LogP contribution is 2.31. The molecule has 0 radical (unpaired) electrons. The Morgan fingerprint density at radius 2 is 1.24 bits per heavy atom. The number of rotatable bonds is 2. The van der Waals surface area contributed by atoms with Crippen molar-refractivity contribution < 1.29 is 0 Å². The Hall–Kier alpha value is -2.80. The van der Waals surface area contributed by atoms with Crippen LogP contribution >= 0.6 is 0 Å². The fraction of sp³-hybridized carbons (Fsp3) is 0. The van der Waals surface area contributed by atoms with Crippen LogP contribution in [0.1, 0.15) is 0 Å². The van der Waals surface area contributed by atoms with E-state index in [0.717, 1.165) is 5.69 Å². The van der Waals surface area contributed by atoms with E-state index in [4.69, 9.17) is 0 Å². The van der Waals surface area contributed by atoms with Crippen molar-refractivity contribution >= 4 is 10.9 Å². The van der Waals surface area contributed by atoms with Crippen LogP contribution in [0.2, 0.25) is 0 Å². The molecule has 0 amide bonds. The summed E-state index contributed by atoms with van der Waals surface area (Å²) in [6.45, 7) is 0. The Balaban J connectivity index is 1.93. The number of hydrogen-bond acceptors (Lipinski definition) is 0. The predicted molar refractivity (Wildman–Crippen MR) is 89.2 cm³/mol. The summed E-state index contributed by atoms with van der Waals surface area (Å²) in [7, 11) is 0. The number of benzene rings is 3. The standard InChI is InChI=1S/C20H15N/c1-3-8-15(9-4-1)18-13-7-12-17-14-19(21-20(17)18)16-10-5-2-6-11-16/h1-14,21H. The molecule has 100 valence electrons. The molecule has 1 nitrogen and oxygen atoms in total. The minimum atomic E-state index is 1.16. The number of fused-ring (bicyclic) bond motifs is 1. The molecular weight excluding hydrogens is 254 g/mol. The van der Waals surface area contributed by atoms with Crippen LogP contribution in [0.5, 0.6) is 0 Å². The van der Waals surface area contributed by atoms with Crippen LogP contribution in [0.3, 0.4) is 0 Å².